The highest BCUT2D eigenvalue weighted by atomic mass is 16.3. The average Bonchev–Trinajstić information content (AvgIpc) is 1.87. The zero-order valence-electron chi connectivity index (χ0n) is 7.17. The molecule has 2 atom stereocenters. The molecule has 0 heterocycles. The van der Waals surface area contributed by atoms with Gasteiger partial charge in [-0.25, -0.2) is 0 Å². The van der Waals surface area contributed by atoms with E-state index >= 15 is 0 Å². The maximum atomic E-state index is 9.36. The number of aliphatic hydroxyl groups is 1. The monoisotopic (exact) mass is 145 g/mol. The van der Waals surface area contributed by atoms with Gasteiger partial charge in [-0.2, -0.15) is 0 Å². The fourth-order valence-corrected chi connectivity index (χ4v) is 0.933. The van der Waals surface area contributed by atoms with Gasteiger partial charge in [-0.15, -0.1) is 0 Å². The highest BCUT2D eigenvalue weighted by Gasteiger charge is 2.16. The highest BCUT2D eigenvalue weighted by molar-refractivity contribution is 4.73. The first kappa shape index (κ1) is 9.92. The summed E-state index contributed by atoms with van der Waals surface area (Å²) < 4.78 is 0. The third-order valence-electron chi connectivity index (χ3n) is 1.80. The average molecular weight is 145 g/mol. The summed E-state index contributed by atoms with van der Waals surface area (Å²) in [6.45, 7) is 6.11. The first-order valence-electron chi connectivity index (χ1n) is 4.03. The van der Waals surface area contributed by atoms with E-state index in [0.29, 0.717) is 5.92 Å². The van der Waals surface area contributed by atoms with Gasteiger partial charge in [0.25, 0.3) is 0 Å². The normalized spacial score (nSPS) is 17.4. The van der Waals surface area contributed by atoms with Crippen LogP contribution in [0.4, 0.5) is 0 Å². The van der Waals surface area contributed by atoms with Gasteiger partial charge in [0.15, 0.2) is 0 Å². The Hall–Kier alpha value is -0.0800. The maximum absolute atomic E-state index is 9.36. The van der Waals surface area contributed by atoms with Gasteiger partial charge < -0.3 is 10.8 Å². The van der Waals surface area contributed by atoms with Crippen molar-refractivity contribution < 1.29 is 5.11 Å². The lowest BCUT2D eigenvalue weighted by molar-refractivity contribution is 0.115. The molecule has 3 N–H and O–H groups in total. The maximum Gasteiger partial charge on any atom is 0.0693 e. The highest BCUT2D eigenvalue weighted by Crippen LogP contribution is 2.07. The Kier molecular flexibility index (Phi) is 4.65. The summed E-state index contributed by atoms with van der Waals surface area (Å²) >= 11 is 0. The summed E-state index contributed by atoms with van der Waals surface area (Å²) in [6, 6.07) is -0.0556. The Labute approximate surface area is 63.4 Å². The van der Waals surface area contributed by atoms with Gasteiger partial charge in [-0.3, -0.25) is 0 Å². The van der Waals surface area contributed by atoms with Gasteiger partial charge in [-0.1, -0.05) is 27.2 Å². The molecule has 62 valence electrons. The van der Waals surface area contributed by atoms with Crippen LogP contribution in [0.1, 0.15) is 33.6 Å². The summed E-state index contributed by atoms with van der Waals surface area (Å²) in [5.41, 5.74) is 5.70. The lowest BCUT2D eigenvalue weighted by atomic mass is 9.97. The topological polar surface area (TPSA) is 46.2 Å². The Morgan fingerprint density at radius 2 is 1.90 bits per heavy atom. The minimum absolute atomic E-state index is 0.0556. The Bertz CT molecular complexity index is 83.3. The van der Waals surface area contributed by atoms with Gasteiger partial charge >= 0.3 is 0 Å². The molecular weight excluding hydrogens is 126 g/mol. The molecule has 0 unspecified atom stereocenters. The van der Waals surface area contributed by atoms with Crippen LogP contribution in [0, 0.1) is 5.92 Å². The molecule has 0 aromatic rings. The smallest absolute Gasteiger partial charge is 0.0693 e. The fraction of sp³-hybridized carbons (Fsp3) is 1.00. The first-order chi connectivity index (χ1) is 4.59. The van der Waals surface area contributed by atoms with E-state index in [0.717, 1.165) is 12.8 Å². The van der Waals surface area contributed by atoms with Gasteiger partial charge in [-0.05, 0) is 12.3 Å². The van der Waals surface area contributed by atoms with Crippen molar-refractivity contribution in [2.75, 3.05) is 0 Å². The van der Waals surface area contributed by atoms with Crippen LogP contribution in [0.25, 0.3) is 0 Å². The van der Waals surface area contributed by atoms with Crippen LogP contribution in [0.5, 0.6) is 0 Å². The summed E-state index contributed by atoms with van der Waals surface area (Å²) in [5, 5.41) is 9.36. The standard InChI is InChI=1S/C8H19NO/c1-4-5-7(10)8(9)6(2)3/h6-8,10H,4-5,9H2,1-3H3/t7-,8+/m0/s1. The molecule has 0 saturated carbocycles. The van der Waals surface area contributed by atoms with Crippen LogP contribution in [-0.2, 0) is 0 Å². The van der Waals surface area contributed by atoms with E-state index in [9.17, 15) is 5.11 Å². The Morgan fingerprint density at radius 3 is 2.20 bits per heavy atom. The van der Waals surface area contributed by atoms with Crippen LogP contribution >= 0.6 is 0 Å². The van der Waals surface area contributed by atoms with E-state index in [1.54, 1.807) is 0 Å². The second kappa shape index (κ2) is 4.69. The first-order valence-corrected chi connectivity index (χ1v) is 4.03. The van der Waals surface area contributed by atoms with Gasteiger partial charge in [0.1, 0.15) is 0 Å². The predicted octanol–water partition coefficient (Wildman–Crippen LogP) is 1.13. The molecule has 2 heteroatoms. The second-order valence-corrected chi connectivity index (χ2v) is 3.18. The summed E-state index contributed by atoms with van der Waals surface area (Å²) in [5.74, 6) is 0.376. The van der Waals surface area contributed by atoms with Crippen molar-refractivity contribution in [2.24, 2.45) is 11.7 Å². The lowest BCUT2D eigenvalue weighted by Gasteiger charge is -2.21. The minimum atomic E-state index is -0.315. The van der Waals surface area contributed by atoms with E-state index < -0.39 is 0 Å². The summed E-state index contributed by atoms with van der Waals surface area (Å²) in [7, 11) is 0. The van der Waals surface area contributed by atoms with E-state index in [4.69, 9.17) is 5.73 Å². The molecule has 0 aromatic carbocycles. The van der Waals surface area contributed by atoms with Crippen molar-refractivity contribution in [1.82, 2.24) is 0 Å². The van der Waals surface area contributed by atoms with Crippen LogP contribution in [0.15, 0.2) is 0 Å². The molecule has 0 rings (SSSR count). The van der Waals surface area contributed by atoms with Gasteiger partial charge in [0.2, 0.25) is 0 Å². The lowest BCUT2D eigenvalue weighted by Crippen LogP contribution is -2.38. The van der Waals surface area contributed by atoms with Crippen LogP contribution in [-0.4, -0.2) is 17.3 Å². The quantitative estimate of drug-likeness (QED) is 0.623. The molecule has 10 heavy (non-hydrogen) atoms. The molecule has 0 amide bonds. The number of nitrogens with two attached hydrogens (primary N) is 1. The van der Waals surface area contributed by atoms with Gasteiger partial charge in [0.05, 0.1) is 6.10 Å². The van der Waals surface area contributed by atoms with Gasteiger partial charge in [0, 0.05) is 6.04 Å². The van der Waals surface area contributed by atoms with Crippen molar-refractivity contribution in [3.8, 4) is 0 Å². The molecule has 2 nitrogen and oxygen atoms in total. The minimum Gasteiger partial charge on any atom is -0.392 e. The third-order valence-corrected chi connectivity index (χ3v) is 1.80. The third kappa shape index (κ3) is 3.18. The van der Waals surface area contributed by atoms with Crippen molar-refractivity contribution in [3.63, 3.8) is 0 Å². The summed E-state index contributed by atoms with van der Waals surface area (Å²) in [4.78, 5) is 0. The molecule has 0 aliphatic heterocycles. The summed E-state index contributed by atoms with van der Waals surface area (Å²) in [6.07, 6.45) is 1.51. The molecule has 0 fully saturated rings. The van der Waals surface area contributed by atoms with E-state index in [1.807, 2.05) is 13.8 Å². The molecule has 0 aliphatic carbocycles. The van der Waals surface area contributed by atoms with Crippen LogP contribution < -0.4 is 5.73 Å². The largest absolute Gasteiger partial charge is 0.392 e. The SMILES string of the molecule is CCC[C@H](O)[C@H](N)C(C)C. The second-order valence-electron chi connectivity index (χ2n) is 3.18. The molecular formula is C8H19NO. The van der Waals surface area contributed by atoms with Crippen LogP contribution in [0.2, 0.25) is 0 Å². The number of hydrogen-bond acceptors (Lipinski definition) is 2. The predicted molar refractivity (Wildman–Crippen MR) is 43.7 cm³/mol. The zero-order valence-corrected chi connectivity index (χ0v) is 7.17. The van der Waals surface area contributed by atoms with E-state index in [-0.39, 0.29) is 12.1 Å². The van der Waals surface area contributed by atoms with Crippen molar-refractivity contribution in [3.05, 3.63) is 0 Å². The van der Waals surface area contributed by atoms with Crippen molar-refractivity contribution in [1.29, 1.82) is 0 Å². The van der Waals surface area contributed by atoms with Crippen molar-refractivity contribution >= 4 is 0 Å². The number of rotatable bonds is 4. The van der Waals surface area contributed by atoms with Crippen molar-refractivity contribution in [2.45, 2.75) is 45.8 Å². The molecule has 0 aromatic heterocycles. The molecule has 0 radical (unpaired) electrons. The number of hydrogen-bond donors (Lipinski definition) is 2. The zero-order chi connectivity index (χ0) is 8.15. The molecule has 0 bridgehead atoms. The molecule has 0 aliphatic rings. The van der Waals surface area contributed by atoms with E-state index in [1.165, 1.54) is 0 Å². The Morgan fingerprint density at radius 1 is 1.40 bits per heavy atom. The number of aliphatic hydroxyl groups excluding tert-OH is 1. The molecule has 0 saturated heterocycles. The Balaban J connectivity index is 3.58. The van der Waals surface area contributed by atoms with Crippen LogP contribution in [0.3, 0.4) is 0 Å². The fourth-order valence-electron chi connectivity index (χ4n) is 0.933. The molecule has 0 spiro atoms. The van der Waals surface area contributed by atoms with E-state index in [2.05, 4.69) is 6.92 Å².